The highest BCUT2D eigenvalue weighted by molar-refractivity contribution is 5.88. The van der Waals surface area contributed by atoms with E-state index in [4.69, 9.17) is 23.4 Å². The number of phenols is 5. The van der Waals surface area contributed by atoms with E-state index in [2.05, 4.69) is 0 Å². The van der Waals surface area contributed by atoms with Crippen LogP contribution < -0.4 is 10.2 Å². The van der Waals surface area contributed by atoms with Gasteiger partial charge in [0.25, 0.3) is 0 Å². The Hall–Kier alpha value is -3.91. The van der Waals surface area contributed by atoms with Gasteiger partial charge < -0.3 is 79.5 Å². The molecular formula is C27H30O17. The molecule has 44 heavy (non-hydrogen) atoms. The summed E-state index contributed by atoms with van der Waals surface area (Å²) < 4.78 is 27.9. The molecule has 240 valence electrons. The molecule has 8 unspecified atom stereocenters. The minimum atomic E-state index is -1.76. The molecule has 3 heterocycles. The van der Waals surface area contributed by atoms with Crippen molar-refractivity contribution < 1.29 is 79.5 Å². The molecule has 17 heteroatoms. The minimum absolute atomic E-state index is 0.200. The van der Waals surface area contributed by atoms with Crippen LogP contribution in [0.4, 0.5) is 0 Å². The highest BCUT2D eigenvalue weighted by atomic mass is 16.7. The van der Waals surface area contributed by atoms with Crippen molar-refractivity contribution in [3.05, 3.63) is 34.5 Å². The third-order valence-electron chi connectivity index (χ3n) is 7.31. The number of hydrogen-bond acceptors (Lipinski definition) is 17. The van der Waals surface area contributed by atoms with E-state index in [9.17, 15) is 61.0 Å². The molecule has 0 amide bonds. The smallest absolute Gasteiger partial charge is 0.239 e. The SMILES string of the molecule is O=c1c(OC2CC(O)C(O)C(COC3OC(CO)[C@@H](O)C(O)C3O)O2)c(-c2cc(O)c(O)c(O)c2)oc2cc(O)cc(O)c12. The Morgan fingerprint density at radius 2 is 1.48 bits per heavy atom. The van der Waals surface area contributed by atoms with Gasteiger partial charge in [-0.15, -0.1) is 0 Å². The summed E-state index contributed by atoms with van der Waals surface area (Å²) in [5.74, 6) is -4.75. The Bertz CT molecular complexity index is 1550. The van der Waals surface area contributed by atoms with Gasteiger partial charge in [0.1, 0.15) is 59.1 Å². The van der Waals surface area contributed by atoms with Crippen molar-refractivity contribution in [2.24, 2.45) is 0 Å². The highest BCUT2D eigenvalue weighted by Gasteiger charge is 2.45. The molecule has 0 aliphatic carbocycles. The molecule has 5 rings (SSSR count). The Morgan fingerprint density at radius 3 is 2.14 bits per heavy atom. The van der Waals surface area contributed by atoms with E-state index < -0.39 is 126 Å². The monoisotopic (exact) mass is 626 g/mol. The maximum atomic E-state index is 13.6. The van der Waals surface area contributed by atoms with Crippen molar-refractivity contribution in [1.29, 1.82) is 0 Å². The summed E-state index contributed by atoms with van der Waals surface area (Å²) in [6, 6.07) is 3.72. The van der Waals surface area contributed by atoms with Crippen LogP contribution in [0.3, 0.4) is 0 Å². The Labute approximate surface area is 246 Å². The predicted octanol–water partition coefficient (Wildman–Crippen LogP) is -1.98. The molecule has 2 aliphatic heterocycles. The van der Waals surface area contributed by atoms with Gasteiger partial charge in [-0.25, -0.2) is 0 Å². The lowest BCUT2D eigenvalue weighted by Crippen LogP contribution is -2.60. The molecule has 2 saturated heterocycles. The van der Waals surface area contributed by atoms with Crippen molar-refractivity contribution in [2.75, 3.05) is 13.2 Å². The summed E-state index contributed by atoms with van der Waals surface area (Å²) in [5, 5.41) is 110. The van der Waals surface area contributed by atoms with Crippen LogP contribution in [-0.2, 0) is 14.2 Å². The first-order valence-corrected chi connectivity index (χ1v) is 13.2. The summed E-state index contributed by atoms with van der Waals surface area (Å²) in [5.41, 5.74) is -1.54. The fraction of sp³-hybridized carbons (Fsp3) is 0.444. The molecule has 0 saturated carbocycles. The molecule has 2 aromatic carbocycles. The topological polar surface area (TPSA) is 290 Å². The van der Waals surface area contributed by atoms with Gasteiger partial charge in [0.05, 0.1) is 19.3 Å². The van der Waals surface area contributed by atoms with Gasteiger partial charge in [0.2, 0.25) is 17.5 Å². The molecule has 2 fully saturated rings. The number of benzene rings is 2. The lowest BCUT2D eigenvalue weighted by Gasteiger charge is -2.41. The van der Waals surface area contributed by atoms with E-state index >= 15 is 0 Å². The first-order valence-electron chi connectivity index (χ1n) is 13.2. The number of phenolic OH excluding ortho intramolecular Hbond substituents is 5. The molecule has 0 radical (unpaired) electrons. The number of aliphatic hydroxyl groups excluding tert-OH is 6. The lowest BCUT2D eigenvalue weighted by atomic mass is 9.99. The quantitative estimate of drug-likeness (QED) is 0.127. The standard InChI is InChI=1S/C27H30O17/c28-6-15-21(36)23(38)24(39)27(43-15)40-7-16-20(35)13(33)5-17(41-16)44-26-22(37)18-10(30)3-9(29)4-14(18)42-25(26)8-1-11(31)19(34)12(32)2-8/h1-4,13,15-17,20-21,23-24,27-36,38-39H,5-7H2/t13?,15?,16?,17?,20?,21-,23?,24?,27?/m1/s1. The van der Waals surface area contributed by atoms with Gasteiger partial charge in [-0.2, -0.15) is 0 Å². The number of fused-ring (bicyclic) bond motifs is 1. The molecule has 2 aliphatic rings. The Morgan fingerprint density at radius 1 is 0.795 bits per heavy atom. The van der Waals surface area contributed by atoms with Crippen molar-refractivity contribution in [2.45, 2.75) is 61.7 Å². The van der Waals surface area contributed by atoms with Crippen LogP contribution in [-0.4, -0.2) is 125 Å². The van der Waals surface area contributed by atoms with E-state index in [0.717, 1.165) is 24.3 Å². The van der Waals surface area contributed by atoms with Gasteiger partial charge >= 0.3 is 0 Å². The number of hydrogen-bond donors (Lipinski definition) is 11. The zero-order valence-corrected chi connectivity index (χ0v) is 22.5. The zero-order chi connectivity index (χ0) is 32.0. The molecule has 17 nitrogen and oxygen atoms in total. The second-order valence-corrected chi connectivity index (χ2v) is 10.3. The van der Waals surface area contributed by atoms with E-state index in [1.54, 1.807) is 0 Å². The highest BCUT2D eigenvalue weighted by Crippen LogP contribution is 2.43. The number of aromatic hydroxyl groups is 5. The predicted molar refractivity (Wildman–Crippen MR) is 142 cm³/mol. The second-order valence-electron chi connectivity index (χ2n) is 10.3. The van der Waals surface area contributed by atoms with Crippen LogP contribution in [0.15, 0.2) is 33.5 Å². The Kier molecular flexibility index (Phi) is 8.76. The van der Waals surface area contributed by atoms with Crippen LogP contribution in [0.5, 0.6) is 34.5 Å². The summed E-state index contributed by atoms with van der Waals surface area (Å²) in [6.07, 6.45) is -14.5. The largest absolute Gasteiger partial charge is 0.508 e. The molecule has 11 N–H and O–H groups in total. The van der Waals surface area contributed by atoms with Crippen LogP contribution in [0.1, 0.15) is 6.42 Å². The molecule has 0 spiro atoms. The fourth-order valence-corrected chi connectivity index (χ4v) is 4.96. The van der Waals surface area contributed by atoms with Crippen molar-refractivity contribution in [3.63, 3.8) is 0 Å². The fourth-order valence-electron chi connectivity index (χ4n) is 4.96. The van der Waals surface area contributed by atoms with Gasteiger partial charge in [-0.05, 0) is 12.1 Å². The second kappa shape index (κ2) is 12.2. The van der Waals surface area contributed by atoms with Crippen LogP contribution in [0.25, 0.3) is 22.3 Å². The first-order chi connectivity index (χ1) is 20.8. The van der Waals surface area contributed by atoms with Crippen molar-refractivity contribution in [1.82, 2.24) is 0 Å². The first kappa shape index (κ1) is 31.5. The van der Waals surface area contributed by atoms with Crippen molar-refractivity contribution >= 4 is 11.0 Å². The maximum absolute atomic E-state index is 13.6. The summed E-state index contributed by atoms with van der Waals surface area (Å²) >= 11 is 0. The van der Waals surface area contributed by atoms with E-state index in [1.807, 2.05) is 0 Å². The van der Waals surface area contributed by atoms with E-state index in [-0.39, 0.29) is 11.1 Å². The molecular weight excluding hydrogens is 596 g/mol. The molecule has 1 aromatic heterocycles. The van der Waals surface area contributed by atoms with Crippen LogP contribution in [0, 0.1) is 0 Å². The van der Waals surface area contributed by atoms with Gasteiger partial charge in [-0.3, -0.25) is 4.79 Å². The minimum Gasteiger partial charge on any atom is -0.508 e. The van der Waals surface area contributed by atoms with Gasteiger partial charge in [0, 0.05) is 24.1 Å². The molecule has 0 bridgehead atoms. The summed E-state index contributed by atoms with van der Waals surface area (Å²) in [7, 11) is 0. The summed E-state index contributed by atoms with van der Waals surface area (Å²) in [4.78, 5) is 13.6. The van der Waals surface area contributed by atoms with E-state index in [0.29, 0.717) is 0 Å². The lowest BCUT2D eigenvalue weighted by molar-refractivity contribution is -0.315. The summed E-state index contributed by atoms with van der Waals surface area (Å²) in [6.45, 7) is -1.32. The molecule has 3 aromatic rings. The van der Waals surface area contributed by atoms with Crippen LogP contribution in [0.2, 0.25) is 0 Å². The number of ether oxygens (including phenoxy) is 4. The number of rotatable bonds is 7. The third kappa shape index (κ3) is 5.80. The van der Waals surface area contributed by atoms with Gasteiger partial charge in [-0.1, -0.05) is 0 Å². The van der Waals surface area contributed by atoms with Crippen molar-refractivity contribution in [3.8, 4) is 45.8 Å². The maximum Gasteiger partial charge on any atom is 0.239 e. The zero-order valence-electron chi connectivity index (χ0n) is 22.5. The van der Waals surface area contributed by atoms with E-state index in [1.165, 1.54) is 0 Å². The normalized spacial score (nSPS) is 30.8. The average molecular weight is 627 g/mol. The average Bonchev–Trinajstić information content (AvgIpc) is 2.97. The molecule has 9 atom stereocenters. The van der Waals surface area contributed by atoms with Gasteiger partial charge in [0.15, 0.2) is 29.3 Å². The number of aliphatic hydroxyl groups is 6. The Balaban J connectivity index is 1.46. The van der Waals surface area contributed by atoms with Crippen LogP contribution >= 0.6 is 0 Å². The third-order valence-corrected chi connectivity index (χ3v) is 7.31.